The molecule has 2 aromatic heterocycles. The van der Waals surface area contributed by atoms with Gasteiger partial charge in [0.15, 0.2) is 5.82 Å². The molecule has 4 heterocycles. The molecule has 1 aliphatic carbocycles. The van der Waals surface area contributed by atoms with Crippen LogP contribution in [-0.2, 0) is 9.59 Å². The largest absolute Gasteiger partial charge is 0.342 e. The summed E-state index contributed by atoms with van der Waals surface area (Å²) in [6, 6.07) is 18.8. The lowest BCUT2D eigenvalue weighted by Crippen LogP contribution is -2.47. The number of H-pyrrole nitrogens is 1. The summed E-state index contributed by atoms with van der Waals surface area (Å²) in [5.41, 5.74) is 3.54. The van der Waals surface area contributed by atoms with Gasteiger partial charge in [-0.1, -0.05) is 19.1 Å². The number of aromatic amines is 1. The Bertz CT molecular complexity index is 2060. The third-order valence-corrected chi connectivity index (χ3v) is 11.3. The second kappa shape index (κ2) is 12.7. The first kappa shape index (κ1) is 32.2. The second-order valence-electron chi connectivity index (χ2n) is 14.4. The van der Waals surface area contributed by atoms with Gasteiger partial charge in [-0.15, -0.1) is 0 Å². The molecule has 8 rings (SSSR count). The fourth-order valence-electron chi connectivity index (χ4n) is 7.99. The number of benzene rings is 3. The van der Waals surface area contributed by atoms with Crippen molar-refractivity contribution in [3.63, 3.8) is 0 Å². The average molecular weight is 676 g/mol. The summed E-state index contributed by atoms with van der Waals surface area (Å²) in [5.74, 6) is -0.0201. The molecule has 2 N–H and O–H groups in total. The van der Waals surface area contributed by atoms with Crippen molar-refractivity contribution in [2.45, 2.75) is 44.9 Å². The zero-order valence-corrected chi connectivity index (χ0v) is 28.0. The van der Waals surface area contributed by atoms with Crippen molar-refractivity contribution in [1.29, 1.82) is 0 Å². The molecule has 3 fully saturated rings. The van der Waals surface area contributed by atoms with Gasteiger partial charge in [0.2, 0.25) is 11.8 Å². The van der Waals surface area contributed by atoms with Crippen LogP contribution in [0.15, 0.2) is 79.1 Å². The topological polar surface area (TPSA) is 107 Å². The van der Waals surface area contributed by atoms with Gasteiger partial charge in [-0.05, 0) is 110 Å². The molecule has 1 saturated carbocycles. The van der Waals surface area contributed by atoms with Gasteiger partial charge in [0, 0.05) is 54.2 Å². The van der Waals surface area contributed by atoms with E-state index in [1.54, 1.807) is 30.6 Å². The highest BCUT2D eigenvalue weighted by molar-refractivity contribution is 6.01. The molecular weight excluding hydrogens is 636 g/mol. The maximum absolute atomic E-state index is 15.2. The molecule has 11 heteroatoms. The molecule has 50 heavy (non-hydrogen) atoms. The normalized spacial score (nSPS) is 20.7. The number of aromatic nitrogens is 4. The maximum Gasteiger partial charge on any atom is 0.236 e. The predicted molar refractivity (Wildman–Crippen MR) is 187 cm³/mol. The van der Waals surface area contributed by atoms with E-state index in [9.17, 15) is 14.0 Å². The van der Waals surface area contributed by atoms with E-state index in [4.69, 9.17) is 0 Å². The molecule has 5 aromatic rings. The summed E-state index contributed by atoms with van der Waals surface area (Å²) in [6.45, 7) is 4.78. The van der Waals surface area contributed by atoms with Gasteiger partial charge in [-0.3, -0.25) is 19.6 Å². The van der Waals surface area contributed by atoms with Crippen LogP contribution in [0.1, 0.15) is 50.5 Å². The average Bonchev–Trinajstić information content (AvgIpc) is 3.53. The number of hydrogen-bond acceptors (Lipinski definition) is 6. The molecule has 0 unspecified atom stereocenters. The van der Waals surface area contributed by atoms with Gasteiger partial charge in [0.1, 0.15) is 11.6 Å². The molecule has 0 bridgehead atoms. The van der Waals surface area contributed by atoms with Crippen LogP contribution < -0.4 is 5.32 Å². The number of carbonyl (C=O) groups excluding carboxylic acids is 2. The molecule has 9 nitrogen and oxygen atoms in total. The fourth-order valence-corrected chi connectivity index (χ4v) is 7.99. The Morgan fingerprint density at radius 2 is 1.66 bits per heavy atom. The van der Waals surface area contributed by atoms with E-state index in [-0.39, 0.29) is 41.3 Å². The van der Waals surface area contributed by atoms with E-state index in [1.165, 1.54) is 18.2 Å². The third-order valence-electron chi connectivity index (χ3n) is 11.3. The van der Waals surface area contributed by atoms with E-state index in [0.717, 1.165) is 29.3 Å². The third kappa shape index (κ3) is 5.93. The molecule has 2 aliphatic heterocycles. The van der Waals surface area contributed by atoms with E-state index in [2.05, 4.69) is 37.3 Å². The minimum atomic E-state index is -0.611. The summed E-state index contributed by atoms with van der Waals surface area (Å²) >= 11 is 0. The van der Waals surface area contributed by atoms with Crippen LogP contribution in [0.2, 0.25) is 0 Å². The van der Waals surface area contributed by atoms with Crippen molar-refractivity contribution >= 4 is 28.4 Å². The lowest BCUT2D eigenvalue weighted by Gasteiger charge is -2.36. The number of hydrogen-bond donors (Lipinski definition) is 2. The number of piperidine rings is 1. The van der Waals surface area contributed by atoms with Crippen LogP contribution in [0, 0.1) is 22.5 Å². The van der Waals surface area contributed by atoms with Gasteiger partial charge >= 0.3 is 0 Å². The maximum atomic E-state index is 15.2. The van der Waals surface area contributed by atoms with Crippen LogP contribution in [0.4, 0.5) is 14.5 Å². The number of amides is 2. The van der Waals surface area contributed by atoms with Crippen LogP contribution in [0.5, 0.6) is 0 Å². The smallest absolute Gasteiger partial charge is 0.236 e. The monoisotopic (exact) mass is 675 g/mol. The zero-order valence-electron chi connectivity index (χ0n) is 28.0. The van der Waals surface area contributed by atoms with Crippen LogP contribution in [0.25, 0.3) is 33.5 Å². The van der Waals surface area contributed by atoms with Crippen molar-refractivity contribution in [1.82, 2.24) is 30.0 Å². The fraction of sp³-hybridized carbons (Fsp3) is 0.359. The summed E-state index contributed by atoms with van der Waals surface area (Å²) < 4.78 is 28.7. The van der Waals surface area contributed by atoms with Crippen LogP contribution >= 0.6 is 0 Å². The summed E-state index contributed by atoms with van der Waals surface area (Å²) in [4.78, 5) is 40.2. The lowest BCUT2D eigenvalue weighted by atomic mass is 9.71. The number of rotatable bonds is 8. The molecule has 2 saturated heterocycles. The number of nitrogens with one attached hydrogen (secondary N) is 2. The summed E-state index contributed by atoms with van der Waals surface area (Å²) in [7, 11) is 0. The number of anilines is 1. The number of fused-ring (bicyclic) bond motifs is 1. The Morgan fingerprint density at radius 3 is 2.38 bits per heavy atom. The summed E-state index contributed by atoms with van der Waals surface area (Å²) in [6.07, 6.45) is 7.29. The van der Waals surface area contributed by atoms with Crippen molar-refractivity contribution in [3.8, 4) is 22.6 Å². The van der Waals surface area contributed by atoms with Gasteiger partial charge in [0.05, 0.1) is 23.2 Å². The highest BCUT2D eigenvalue weighted by Crippen LogP contribution is 2.62. The molecule has 1 atom stereocenters. The van der Waals surface area contributed by atoms with Gasteiger partial charge in [-0.25, -0.2) is 18.7 Å². The Morgan fingerprint density at radius 1 is 0.920 bits per heavy atom. The van der Waals surface area contributed by atoms with E-state index in [1.807, 2.05) is 35.2 Å². The van der Waals surface area contributed by atoms with Crippen LogP contribution in [0.3, 0.4) is 0 Å². The highest BCUT2D eigenvalue weighted by Gasteiger charge is 2.62. The predicted octanol–water partition coefficient (Wildman–Crippen LogP) is 6.80. The van der Waals surface area contributed by atoms with Gasteiger partial charge < -0.3 is 10.2 Å². The van der Waals surface area contributed by atoms with Crippen molar-refractivity contribution < 1.29 is 18.4 Å². The first-order chi connectivity index (χ1) is 24.2. The molecular formula is C39H39F2N7O2. The lowest BCUT2D eigenvalue weighted by molar-refractivity contribution is -0.134. The number of nitrogens with zero attached hydrogens (tertiary/aromatic N) is 5. The zero-order chi connectivity index (χ0) is 34.5. The van der Waals surface area contributed by atoms with E-state index < -0.39 is 5.41 Å². The number of carbonyl (C=O) groups is 2. The van der Waals surface area contributed by atoms with Crippen molar-refractivity contribution in [2.24, 2.45) is 10.8 Å². The highest BCUT2D eigenvalue weighted by atomic mass is 19.1. The standard InChI is InChI=1S/C39H39F2N7O2/c1-38(13-14-38)39(37(50)44-29-8-10-33-31(22-29)35(46-45-33)26-3-6-28(40)7-4-26)15-20-47(24-39)23-34(49)48-18-11-25(12-19-48)30-9-5-27(21-32(30)41)36-42-16-2-17-43-36/h2-10,16-17,21-22,25H,11-15,18-20,23-24H2,1H3,(H,44,50)(H,45,46)/t39-/m0/s1. The Hall–Kier alpha value is -5.03. The quantitative estimate of drug-likeness (QED) is 0.187. The first-order valence-corrected chi connectivity index (χ1v) is 17.3. The molecule has 3 aromatic carbocycles. The molecule has 3 aliphatic rings. The molecule has 0 radical (unpaired) electrons. The van der Waals surface area contributed by atoms with Crippen LogP contribution in [-0.4, -0.2) is 74.5 Å². The minimum absolute atomic E-state index is 0.0219. The number of likely N-dealkylation sites (tertiary alicyclic amines) is 2. The van der Waals surface area contributed by atoms with E-state index >= 15 is 4.39 Å². The summed E-state index contributed by atoms with van der Waals surface area (Å²) in [5, 5.41) is 11.5. The van der Waals surface area contributed by atoms with E-state index in [0.29, 0.717) is 73.8 Å². The SMILES string of the molecule is CC1([C@@]2(C(=O)Nc3ccc4[nH]nc(-c5ccc(F)cc5)c4c3)CCN(CC(=O)N3CCC(c4ccc(-c5ncccn5)cc4F)CC3)C2)CC1. The van der Waals surface area contributed by atoms with Crippen molar-refractivity contribution in [3.05, 3.63) is 96.3 Å². The Kier molecular flexibility index (Phi) is 8.17. The van der Waals surface area contributed by atoms with Crippen molar-refractivity contribution in [2.75, 3.05) is 38.0 Å². The molecule has 0 spiro atoms. The van der Waals surface area contributed by atoms with Gasteiger partial charge in [-0.2, -0.15) is 5.10 Å². The molecule has 2 amide bonds. The first-order valence-electron chi connectivity index (χ1n) is 17.3. The minimum Gasteiger partial charge on any atom is -0.342 e. The number of halogens is 2. The Balaban J connectivity index is 0.907. The van der Waals surface area contributed by atoms with Gasteiger partial charge in [0.25, 0.3) is 0 Å². The molecule has 256 valence electrons. The Labute approximate surface area is 289 Å². The second-order valence-corrected chi connectivity index (χ2v) is 14.4.